The second kappa shape index (κ2) is 6.24. The molecule has 2 aromatic carbocycles. The Labute approximate surface area is 128 Å². The third-order valence-corrected chi connectivity index (χ3v) is 4.10. The summed E-state index contributed by atoms with van der Waals surface area (Å²) in [5.74, 6) is 0. The van der Waals surface area contributed by atoms with Crippen molar-refractivity contribution >= 4 is 36.8 Å². The van der Waals surface area contributed by atoms with Crippen LogP contribution >= 0.6 is 10.7 Å². The Morgan fingerprint density at radius 1 is 1.00 bits per heavy atom. The Balaban J connectivity index is 2.46. The molecule has 0 spiro atoms. The minimum Gasteiger partial charge on any atom is -0.378 e. The van der Waals surface area contributed by atoms with Crippen LogP contribution in [0.3, 0.4) is 0 Å². The molecule has 0 fully saturated rings. The van der Waals surface area contributed by atoms with Gasteiger partial charge in [-0.2, -0.15) is 5.11 Å². The summed E-state index contributed by atoms with van der Waals surface area (Å²) in [6, 6.07) is 13.9. The lowest BCUT2D eigenvalue weighted by Gasteiger charge is -2.13. The SMILES string of the molecule is CN(C)c1ccc(N=Nc2ccccc2)c(S(=O)(=O)Cl)c1. The molecule has 2 rings (SSSR count). The van der Waals surface area contributed by atoms with E-state index in [-0.39, 0.29) is 10.6 Å². The topological polar surface area (TPSA) is 62.1 Å². The van der Waals surface area contributed by atoms with E-state index in [0.29, 0.717) is 11.4 Å². The maximum Gasteiger partial charge on any atom is 0.263 e. The fourth-order valence-corrected chi connectivity index (χ4v) is 2.66. The summed E-state index contributed by atoms with van der Waals surface area (Å²) in [5, 5.41) is 8.00. The van der Waals surface area contributed by atoms with E-state index in [1.807, 2.05) is 32.3 Å². The van der Waals surface area contributed by atoms with Crippen molar-refractivity contribution in [1.82, 2.24) is 0 Å². The molecular weight excluding hydrogens is 310 g/mol. The van der Waals surface area contributed by atoms with Gasteiger partial charge >= 0.3 is 0 Å². The quantitative estimate of drug-likeness (QED) is 0.628. The Kier molecular flexibility index (Phi) is 4.59. The molecular formula is C14H14ClN3O2S. The average Bonchev–Trinajstić information content (AvgIpc) is 2.45. The van der Waals surface area contributed by atoms with Crippen LogP contribution in [0.1, 0.15) is 0 Å². The highest BCUT2D eigenvalue weighted by atomic mass is 35.7. The second-order valence-electron chi connectivity index (χ2n) is 4.52. The molecule has 21 heavy (non-hydrogen) atoms. The Hall–Kier alpha value is -1.92. The predicted molar refractivity (Wildman–Crippen MR) is 84.4 cm³/mol. The fourth-order valence-electron chi connectivity index (χ4n) is 1.67. The third-order valence-electron chi connectivity index (χ3n) is 2.75. The summed E-state index contributed by atoms with van der Waals surface area (Å²) in [7, 11) is 5.19. The predicted octanol–water partition coefficient (Wildman–Crippen LogP) is 4.10. The number of hydrogen-bond donors (Lipinski definition) is 0. The lowest BCUT2D eigenvalue weighted by atomic mass is 10.2. The van der Waals surface area contributed by atoms with Crippen molar-refractivity contribution in [2.24, 2.45) is 10.2 Å². The van der Waals surface area contributed by atoms with Crippen LogP contribution in [0, 0.1) is 0 Å². The number of anilines is 1. The molecule has 7 heteroatoms. The van der Waals surface area contributed by atoms with Crippen LogP contribution in [0.5, 0.6) is 0 Å². The smallest absolute Gasteiger partial charge is 0.263 e. The van der Waals surface area contributed by atoms with Gasteiger partial charge in [0.05, 0.1) is 5.69 Å². The summed E-state index contributed by atoms with van der Waals surface area (Å²) in [5.41, 5.74) is 1.56. The number of halogens is 1. The van der Waals surface area contributed by atoms with Crippen LogP contribution in [-0.2, 0) is 9.05 Å². The fraction of sp³-hybridized carbons (Fsp3) is 0.143. The zero-order valence-corrected chi connectivity index (χ0v) is 13.1. The van der Waals surface area contributed by atoms with E-state index in [0.717, 1.165) is 0 Å². The van der Waals surface area contributed by atoms with Gasteiger partial charge in [-0.15, -0.1) is 5.11 Å². The van der Waals surface area contributed by atoms with Crippen molar-refractivity contribution in [1.29, 1.82) is 0 Å². The zero-order valence-electron chi connectivity index (χ0n) is 11.6. The first-order valence-electron chi connectivity index (χ1n) is 6.11. The average molecular weight is 324 g/mol. The monoisotopic (exact) mass is 323 g/mol. The molecule has 0 aliphatic heterocycles. The van der Waals surface area contributed by atoms with Gasteiger partial charge in [0, 0.05) is 30.5 Å². The van der Waals surface area contributed by atoms with E-state index in [4.69, 9.17) is 10.7 Å². The largest absolute Gasteiger partial charge is 0.378 e. The third kappa shape index (κ3) is 4.03. The van der Waals surface area contributed by atoms with E-state index in [9.17, 15) is 8.42 Å². The van der Waals surface area contributed by atoms with Gasteiger partial charge in [-0.05, 0) is 30.3 Å². The highest BCUT2D eigenvalue weighted by Gasteiger charge is 2.17. The van der Waals surface area contributed by atoms with Crippen LogP contribution in [0.25, 0.3) is 0 Å². The highest BCUT2D eigenvalue weighted by Crippen LogP contribution is 2.32. The molecule has 0 bridgehead atoms. The van der Waals surface area contributed by atoms with Crippen LogP contribution < -0.4 is 4.90 Å². The molecule has 0 radical (unpaired) electrons. The molecule has 0 atom stereocenters. The molecule has 0 N–H and O–H groups in total. The van der Waals surface area contributed by atoms with Crippen molar-refractivity contribution in [3.05, 3.63) is 48.5 Å². The number of benzene rings is 2. The van der Waals surface area contributed by atoms with E-state index >= 15 is 0 Å². The van der Waals surface area contributed by atoms with E-state index in [2.05, 4.69) is 10.2 Å². The first-order valence-corrected chi connectivity index (χ1v) is 8.42. The van der Waals surface area contributed by atoms with Crippen molar-refractivity contribution < 1.29 is 8.42 Å². The van der Waals surface area contributed by atoms with Gasteiger partial charge in [0.1, 0.15) is 10.6 Å². The zero-order chi connectivity index (χ0) is 15.5. The maximum atomic E-state index is 11.7. The Morgan fingerprint density at radius 3 is 2.24 bits per heavy atom. The lowest BCUT2D eigenvalue weighted by Crippen LogP contribution is -2.09. The van der Waals surface area contributed by atoms with Gasteiger partial charge in [-0.1, -0.05) is 18.2 Å². The molecule has 2 aromatic rings. The first-order chi connectivity index (χ1) is 9.88. The van der Waals surface area contributed by atoms with Gasteiger partial charge in [0.15, 0.2) is 0 Å². The molecule has 0 aliphatic carbocycles. The van der Waals surface area contributed by atoms with Gasteiger partial charge in [0.25, 0.3) is 9.05 Å². The van der Waals surface area contributed by atoms with E-state index in [1.54, 1.807) is 29.2 Å². The van der Waals surface area contributed by atoms with Crippen LogP contribution in [0.4, 0.5) is 17.1 Å². The van der Waals surface area contributed by atoms with Crippen molar-refractivity contribution in [2.45, 2.75) is 4.90 Å². The summed E-state index contributed by atoms with van der Waals surface area (Å²) >= 11 is 0. The van der Waals surface area contributed by atoms with Crippen molar-refractivity contribution in [3.8, 4) is 0 Å². The molecule has 0 aliphatic rings. The molecule has 0 saturated carbocycles. The number of hydrogen-bond acceptors (Lipinski definition) is 5. The molecule has 0 unspecified atom stereocenters. The van der Waals surface area contributed by atoms with E-state index < -0.39 is 9.05 Å². The minimum absolute atomic E-state index is 0.0601. The van der Waals surface area contributed by atoms with Gasteiger partial charge in [-0.25, -0.2) is 8.42 Å². The summed E-state index contributed by atoms with van der Waals surface area (Å²) in [6.07, 6.45) is 0. The summed E-state index contributed by atoms with van der Waals surface area (Å²) < 4.78 is 23.4. The molecule has 0 aromatic heterocycles. The molecule has 0 saturated heterocycles. The Morgan fingerprint density at radius 2 is 1.67 bits per heavy atom. The minimum atomic E-state index is -3.90. The van der Waals surface area contributed by atoms with Crippen molar-refractivity contribution in [3.63, 3.8) is 0 Å². The van der Waals surface area contributed by atoms with Crippen LogP contribution in [0.15, 0.2) is 63.7 Å². The number of azo groups is 1. The molecule has 5 nitrogen and oxygen atoms in total. The lowest BCUT2D eigenvalue weighted by molar-refractivity contribution is 0.609. The number of nitrogens with zero attached hydrogens (tertiary/aromatic N) is 3. The second-order valence-corrected chi connectivity index (χ2v) is 7.05. The molecule has 0 amide bonds. The Bertz CT molecular complexity index is 759. The van der Waals surface area contributed by atoms with Crippen LogP contribution in [-0.4, -0.2) is 22.5 Å². The number of rotatable bonds is 4. The standard InChI is InChI=1S/C14H14ClN3O2S/c1-18(2)12-8-9-13(14(10-12)21(15,19)20)17-16-11-6-4-3-5-7-11/h3-10H,1-2H3. The molecule has 0 heterocycles. The summed E-state index contributed by atoms with van der Waals surface area (Å²) in [6.45, 7) is 0. The van der Waals surface area contributed by atoms with Crippen molar-refractivity contribution in [2.75, 3.05) is 19.0 Å². The maximum absolute atomic E-state index is 11.7. The normalized spacial score (nSPS) is 11.8. The van der Waals surface area contributed by atoms with Crippen LogP contribution in [0.2, 0.25) is 0 Å². The molecule has 110 valence electrons. The van der Waals surface area contributed by atoms with Gasteiger partial charge < -0.3 is 4.90 Å². The van der Waals surface area contributed by atoms with Gasteiger partial charge in [0.2, 0.25) is 0 Å². The summed E-state index contributed by atoms with van der Waals surface area (Å²) in [4.78, 5) is 1.72. The van der Waals surface area contributed by atoms with E-state index in [1.165, 1.54) is 6.07 Å². The van der Waals surface area contributed by atoms with Gasteiger partial charge in [-0.3, -0.25) is 0 Å². The first kappa shape index (κ1) is 15.5. The highest BCUT2D eigenvalue weighted by molar-refractivity contribution is 8.13.